The number of hydrogen-bond donors (Lipinski definition) is 1. The Labute approximate surface area is 199 Å². The van der Waals surface area contributed by atoms with Gasteiger partial charge in [0.15, 0.2) is 0 Å². The number of rotatable bonds is 22. The van der Waals surface area contributed by atoms with Crippen molar-refractivity contribution in [1.82, 2.24) is 0 Å². The van der Waals surface area contributed by atoms with Crippen molar-refractivity contribution in [3.05, 3.63) is 0 Å². The molecule has 0 saturated heterocycles. The summed E-state index contributed by atoms with van der Waals surface area (Å²) in [6.07, 6.45) is 25.0. The molecule has 0 aromatic carbocycles. The van der Waals surface area contributed by atoms with Gasteiger partial charge < -0.3 is 4.74 Å². The number of carbonyl (C=O) groups is 1. The van der Waals surface area contributed by atoms with Crippen molar-refractivity contribution in [2.24, 2.45) is 0 Å². The molecule has 0 amide bonds. The van der Waals surface area contributed by atoms with Crippen LogP contribution in [0.2, 0.25) is 0 Å². The van der Waals surface area contributed by atoms with E-state index in [1.807, 2.05) is 6.92 Å². The predicted octanol–water partition coefficient (Wildman–Crippen LogP) is 10.0. The molecule has 30 heavy (non-hydrogen) atoms. The van der Waals surface area contributed by atoms with Crippen LogP contribution in [0.25, 0.3) is 0 Å². The van der Waals surface area contributed by atoms with E-state index in [-0.39, 0.29) is 0 Å². The molecule has 0 N–H and O–H groups in total. The zero-order valence-electron chi connectivity index (χ0n) is 20.3. The van der Waals surface area contributed by atoms with Crippen molar-refractivity contribution >= 4 is 35.0 Å². The van der Waals surface area contributed by atoms with Gasteiger partial charge in [-0.25, -0.2) is 4.79 Å². The number of unbranched alkanes of at least 4 members (excludes halogenated alkanes) is 16. The molecule has 4 heteroatoms. The number of thiol groups is 1. The van der Waals surface area contributed by atoms with Crippen LogP contribution in [0.15, 0.2) is 0 Å². The molecule has 0 aromatic rings. The summed E-state index contributed by atoms with van der Waals surface area (Å²) in [6, 6.07) is 0. The summed E-state index contributed by atoms with van der Waals surface area (Å²) < 4.78 is 5.59. The third-order valence-electron chi connectivity index (χ3n) is 6.17. The fourth-order valence-corrected chi connectivity index (χ4v) is 4.56. The number of carbonyl (C=O) groups excluding carboxylic acids is 1. The number of hydrogen-bond acceptors (Lipinski definition) is 3. The lowest BCUT2D eigenvalue weighted by Crippen LogP contribution is -2.38. The molecule has 0 radical (unpaired) electrons. The lowest BCUT2D eigenvalue weighted by atomic mass is 9.90. The molecular formula is C26H50O2S2. The first-order valence-electron chi connectivity index (χ1n) is 12.9. The average molecular weight is 459 g/mol. The van der Waals surface area contributed by atoms with Crippen molar-refractivity contribution in [1.29, 1.82) is 0 Å². The molecule has 0 saturated carbocycles. The van der Waals surface area contributed by atoms with Crippen molar-refractivity contribution in [3.63, 3.8) is 0 Å². The van der Waals surface area contributed by atoms with E-state index >= 15 is 0 Å². The minimum atomic E-state index is -0.629. The third-order valence-corrected chi connectivity index (χ3v) is 6.89. The van der Waals surface area contributed by atoms with Gasteiger partial charge in [-0.1, -0.05) is 141 Å². The van der Waals surface area contributed by atoms with Gasteiger partial charge in [-0.2, -0.15) is 0 Å². The molecule has 0 bridgehead atoms. The van der Waals surface area contributed by atoms with Crippen LogP contribution in [0, 0.1) is 0 Å². The molecule has 1 atom stereocenters. The summed E-state index contributed by atoms with van der Waals surface area (Å²) in [5, 5.41) is -0.512. The molecular weight excluding hydrogens is 408 g/mol. The summed E-state index contributed by atoms with van der Waals surface area (Å²) in [4.78, 5) is 12.4. The summed E-state index contributed by atoms with van der Waals surface area (Å²) in [5.74, 6) is 0. The second-order valence-electron chi connectivity index (χ2n) is 9.18. The van der Waals surface area contributed by atoms with Crippen molar-refractivity contribution in [2.45, 2.75) is 155 Å². The maximum atomic E-state index is 11.5. The molecule has 0 spiro atoms. The van der Waals surface area contributed by atoms with Crippen LogP contribution in [0.4, 0.5) is 4.79 Å². The Morgan fingerprint density at radius 3 is 1.47 bits per heavy atom. The normalized spacial score (nSPS) is 13.2. The highest BCUT2D eigenvalue weighted by molar-refractivity contribution is 7.96. The van der Waals surface area contributed by atoms with Gasteiger partial charge in [0.2, 0.25) is 0 Å². The fourth-order valence-electron chi connectivity index (χ4n) is 4.07. The van der Waals surface area contributed by atoms with Gasteiger partial charge in [0, 0.05) is 4.86 Å². The summed E-state index contributed by atoms with van der Waals surface area (Å²) in [5.41, 5.74) is -0.629. The Bertz CT molecular complexity index is 425. The molecule has 0 aromatic heterocycles. The Morgan fingerprint density at radius 1 is 0.700 bits per heavy atom. The standard InChI is InChI=1S/C26H50O2S2/c1-4-6-8-10-12-14-15-16-18-20-22-24(29)26(3,28-25(27)30)23-21-19-17-13-11-9-7-5-2/h4-23H2,1-3H3,(H,27,30). The lowest BCUT2D eigenvalue weighted by Gasteiger charge is -2.30. The van der Waals surface area contributed by atoms with Crippen LogP contribution in [0.3, 0.4) is 0 Å². The second-order valence-corrected chi connectivity index (χ2v) is 10.0. The molecule has 0 heterocycles. The third kappa shape index (κ3) is 17.6. The summed E-state index contributed by atoms with van der Waals surface area (Å²) in [7, 11) is 0. The topological polar surface area (TPSA) is 26.3 Å². The first-order chi connectivity index (χ1) is 14.5. The van der Waals surface area contributed by atoms with Crippen LogP contribution in [-0.4, -0.2) is 15.8 Å². The largest absolute Gasteiger partial charge is 0.446 e. The minimum Gasteiger partial charge on any atom is -0.446 e. The van der Waals surface area contributed by atoms with Gasteiger partial charge in [0.05, 0.1) is 0 Å². The van der Waals surface area contributed by atoms with Gasteiger partial charge in [-0.05, 0) is 32.6 Å². The van der Waals surface area contributed by atoms with E-state index in [2.05, 4.69) is 26.5 Å². The van der Waals surface area contributed by atoms with Gasteiger partial charge >= 0.3 is 5.30 Å². The SMILES string of the molecule is CCCCCCCCCCCCC(=S)C(C)(CCCCCCCCCC)OC(=O)S. The van der Waals surface area contributed by atoms with E-state index in [1.165, 1.54) is 103 Å². The lowest BCUT2D eigenvalue weighted by molar-refractivity contribution is 0.0874. The molecule has 0 aliphatic carbocycles. The highest BCUT2D eigenvalue weighted by atomic mass is 32.1. The van der Waals surface area contributed by atoms with Gasteiger partial charge in [-0.3, -0.25) is 0 Å². The van der Waals surface area contributed by atoms with E-state index in [9.17, 15) is 4.79 Å². The van der Waals surface area contributed by atoms with Gasteiger partial charge in [0.25, 0.3) is 0 Å². The zero-order valence-corrected chi connectivity index (χ0v) is 22.0. The van der Waals surface area contributed by atoms with Gasteiger partial charge in [0.1, 0.15) is 5.60 Å². The maximum Gasteiger partial charge on any atom is 0.365 e. The highest BCUT2D eigenvalue weighted by Gasteiger charge is 2.32. The molecule has 2 nitrogen and oxygen atoms in total. The first-order valence-corrected chi connectivity index (χ1v) is 13.8. The van der Waals surface area contributed by atoms with E-state index in [0.29, 0.717) is 0 Å². The first kappa shape index (κ1) is 29.9. The van der Waals surface area contributed by atoms with Crippen LogP contribution in [0.5, 0.6) is 0 Å². The van der Waals surface area contributed by atoms with E-state index in [1.54, 1.807) is 0 Å². The molecule has 178 valence electrons. The molecule has 0 aliphatic rings. The maximum absolute atomic E-state index is 11.5. The van der Waals surface area contributed by atoms with Gasteiger partial charge in [-0.15, -0.1) is 0 Å². The quantitative estimate of drug-likeness (QED) is 0.0756. The van der Waals surface area contributed by atoms with Crippen LogP contribution >= 0.6 is 24.8 Å². The Balaban J connectivity index is 3.99. The molecule has 0 aliphatic heterocycles. The summed E-state index contributed by atoms with van der Waals surface area (Å²) >= 11 is 9.56. The second kappa shape index (κ2) is 20.8. The minimum absolute atomic E-state index is 0.512. The molecule has 0 fully saturated rings. The van der Waals surface area contributed by atoms with Crippen molar-refractivity contribution in [3.8, 4) is 0 Å². The van der Waals surface area contributed by atoms with Crippen LogP contribution in [-0.2, 0) is 4.74 Å². The van der Waals surface area contributed by atoms with Crippen LogP contribution < -0.4 is 0 Å². The van der Waals surface area contributed by atoms with Crippen molar-refractivity contribution < 1.29 is 9.53 Å². The Hall–Kier alpha value is -0.0900. The average Bonchev–Trinajstić information content (AvgIpc) is 2.70. The van der Waals surface area contributed by atoms with E-state index in [4.69, 9.17) is 17.0 Å². The fraction of sp³-hybridized carbons (Fsp3) is 0.923. The molecule has 1 unspecified atom stereocenters. The highest BCUT2D eigenvalue weighted by Crippen LogP contribution is 2.26. The predicted molar refractivity (Wildman–Crippen MR) is 140 cm³/mol. The van der Waals surface area contributed by atoms with E-state index < -0.39 is 10.9 Å². The molecule has 0 rings (SSSR count). The van der Waals surface area contributed by atoms with Crippen LogP contribution in [0.1, 0.15) is 149 Å². The van der Waals surface area contributed by atoms with E-state index in [0.717, 1.165) is 30.5 Å². The smallest absolute Gasteiger partial charge is 0.365 e. The summed E-state index contributed by atoms with van der Waals surface area (Å²) in [6.45, 7) is 6.51. The van der Waals surface area contributed by atoms with Crippen molar-refractivity contribution in [2.75, 3.05) is 0 Å². The Morgan fingerprint density at radius 2 is 1.07 bits per heavy atom. The Kier molecular flexibility index (Phi) is 20.7. The number of ether oxygens (including phenoxy) is 1. The number of thiocarbonyl (C=S) groups is 1. The monoisotopic (exact) mass is 458 g/mol. The zero-order chi connectivity index (χ0) is 22.5.